The van der Waals surface area contributed by atoms with Crippen LogP contribution < -0.4 is 10.2 Å². The largest absolute Gasteiger partial charge is 0.380 e. The Hall–Kier alpha value is -1.20. The molecular formula is C15H26N4O. The molecule has 5 heteroatoms. The molecule has 1 aromatic rings. The van der Waals surface area contributed by atoms with Crippen LogP contribution in [0, 0.1) is 6.92 Å². The number of hydrogen-bond acceptors (Lipinski definition) is 5. The topological polar surface area (TPSA) is 50.3 Å². The minimum Gasteiger partial charge on any atom is -0.380 e. The first-order valence-corrected chi connectivity index (χ1v) is 7.36. The summed E-state index contributed by atoms with van der Waals surface area (Å²) in [5.41, 5.74) is 2.32. The van der Waals surface area contributed by atoms with Crippen LogP contribution in [0.4, 0.5) is 5.95 Å². The number of nitrogens with one attached hydrogen (secondary N) is 1. The van der Waals surface area contributed by atoms with Gasteiger partial charge in [0.25, 0.3) is 0 Å². The normalized spacial score (nSPS) is 17.1. The number of aryl methyl sites for hydroxylation is 1. The van der Waals surface area contributed by atoms with Gasteiger partial charge in [-0.05, 0) is 34.1 Å². The van der Waals surface area contributed by atoms with E-state index in [1.807, 2.05) is 6.20 Å². The second-order valence-corrected chi connectivity index (χ2v) is 6.34. The fraction of sp³-hybridized carbons (Fsp3) is 0.733. The Kier molecular flexibility index (Phi) is 4.94. The SMILES string of the molecule is Cc1nc(N2CCCOCC2)ncc1CNC(C)(C)C. The standard InChI is InChI=1S/C15H26N4O/c1-12-13(11-17-15(2,3)4)10-16-14(18-12)19-6-5-8-20-9-7-19/h10,17H,5-9,11H2,1-4H3. The van der Waals surface area contributed by atoms with Crippen molar-refractivity contribution in [1.29, 1.82) is 0 Å². The summed E-state index contributed by atoms with van der Waals surface area (Å²) in [4.78, 5) is 11.4. The number of nitrogens with zero attached hydrogens (tertiary/aromatic N) is 3. The number of hydrogen-bond donors (Lipinski definition) is 1. The second-order valence-electron chi connectivity index (χ2n) is 6.34. The summed E-state index contributed by atoms with van der Waals surface area (Å²) in [5, 5.41) is 3.47. The van der Waals surface area contributed by atoms with Crippen LogP contribution >= 0.6 is 0 Å². The third-order valence-electron chi connectivity index (χ3n) is 3.38. The molecule has 2 rings (SSSR count). The molecular weight excluding hydrogens is 252 g/mol. The zero-order chi connectivity index (χ0) is 14.6. The smallest absolute Gasteiger partial charge is 0.225 e. The number of rotatable bonds is 3. The molecule has 2 heterocycles. The van der Waals surface area contributed by atoms with E-state index in [1.54, 1.807) is 0 Å². The van der Waals surface area contributed by atoms with E-state index in [0.29, 0.717) is 0 Å². The zero-order valence-electron chi connectivity index (χ0n) is 13.1. The van der Waals surface area contributed by atoms with Crippen molar-refractivity contribution in [1.82, 2.24) is 15.3 Å². The third-order valence-corrected chi connectivity index (χ3v) is 3.38. The van der Waals surface area contributed by atoms with E-state index in [2.05, 4.69) is 47.9 Å². The average molecular weight is 278 g/mol. The Bertz CT molecular complexity index is 434. The van der Waals surface area contributed by atoms with Gasteiger partial charge in [0.1, 0.15) is 0 Å². The van der Waals surface area contributed by atoms with Gasteiger partial charge in [0, 0.05) is 49.2 Å². The van der Waals surface area contributed by atoms with Gasteiger partial charge < -0.3 is 15.0 Å². The average Bonchev–Trinajstić information content (AvgIpc) is 2.65. The van der Waals surface area contributed by atoms with Crippen molar-refractivity contribution in [3.05, 3.63) is 17.5 Å². The molecule has 20 heavy (non-hydrogen) atoms. The first kappa shape index (κ1) is 15.2. The number of ether oxygens (including phenoxy) is 1. The molecule has 1 aliphatic rings. The van der Waals surface area contributed by atoms with E-state index >= 15 is 0 Å². The molecule has 0 amide bonds. The molecule has 1 saturated heterocycles. The molecule has 0 spiro atoms. The molecule has 0 aromatic carbocycles. The van der Waals surface area contributed by atoms with Crippen LogP contribution in [0.3, 0.4) is 0 Å². The summed E-state index contributed by atoms with van der Waals surface area (Å²) in [7, 11) is 0. The van der Waals surface area contributed by atoms with Gasteiger partial charge in [-0.15, -0.1) is 0 Å². The van der Waals surface area contributed by atoms with E-state index in [9.17, 15) is 0 Å². The fourth-order valence-corrected chi connectivity index (χ4v) is 2.11. The molecule has 0 unspecified atom stereocenters. The lowest BCUT2D eigenvalue weighted by molar-refractivity contribution is 0.152. The van der Waals surface area contributed by atoms with Gasteiger partial charge in [-0.1, -0.05) is 0 Å². The number of anilines is 1. The molecule has 0 radical (unpaired) electrons. The van der Waals surface area contributed by atoms with E-state index in [1.165, 1.54) is 0 Å². The van der Waals surface area contributed by atoms with Crippen molar-refractivity contribution in [2.45, 2.75) is 46.2 Å². The summed E-state index contributed by atoms with van der Waals surface area (Å²) >= 11 is 0. The van der Waals surface area contributed by atoms with Crippen molar-refractivity contribution in [2.24, 2.45) is 0 Å². The first-order chi connectivity index (χ1) is 9.46. The van der Waals surface area contributed by atoms with E-state index in [0.717, 1.165) is 56.5 Å². The van der Waals surface area contributed by atoms with Crippen molar-refractivity contribution >= 4 is 5.95 Å². The lowest BCUT2D eigenvalue weighted by Gasteiger charge is -2.22. The molecule has 0 atom stereocenters. The monoisotopic (exact) mass is 278 g/mol. The Labute approximate surface area is 121 Å². The first-order valence-electron chi connectivity index (χ1n) is 7.36. The Morgan fingerprint density at radius 1 is 1.30 bits per heavy atom. The molecule has 5 nitrogen and oxygen atoms in total. The van der Waals surface area contributed by atoms with Gasteiger partial charge in [-0.2, -0.15) is 0 Å². The number of aromatic nitrogens is 2. The highest BCUT2D eigenvalue weighted by Gasteiger charge is 2.15. The highest BCUT2D eigenvalue weighted by Crippen LogP contribution is 2.14. The van der Waals surface area contributed by atoms with Crippen LogP contribution in [-0.2, 0) is 11.3 Å². The highest BCUT2D eigenvalue weighted by atomic mass is 16.5. The maximum absolute atomic E-state index is 5.47. The highest BCUT2D eigenvalue weighted by molar-refractivity contribution is 5.33. The molecule has 1 N–H and O–H groups in total. The summed E-state index contributed by atoms with van der Waals surface area (Å²) in [6.45, 7) is 12.8. The predicted molar refractivity (Wildman–Crippen MR) is 81.0 cm³/mol. The fourth-order valence-electron chi connectivity index (χ4n) is 2.11. The Morgan fingerprint density at radius 2 is 2.10 bits per heavy atom. The van der Waals surface area contributed by atoms with E-state index in [-0.39, 0.29) is 5.54 Å². The minimum absolute atomic E-state index is 0.104. The van der Waals surface area contributed by atoms with Crippen molar-refractivity contribution < 1.29 is 4.74 Å². The van der Waals surface area contributed by atoms with Crippen LogP contribution in [0.15, 0.2) is 6.20 Å². The van der Waals surface area contributed by atoms with Gasteiger partial charge in [-0.3, -0.25) is 0 Å². The summed E-state index contributed by atoms with van der Waals surface area (Å²) in [6, 6.07) is 0. The molecule has 1 aliphatic heterocycles. The summed E-state index contributed by atoms with van der Waals surface area (Å²) in [5.74, 6) is 0.826. The van der Waals surface area contributed by atoms with Gasteiger partial charge in [0.05, 0.1) is 6.61 Å². The minimum atomic E-state index is 0.104. The van der Waals surface area contributed by atoms with Crippen molar-refractivity contribution in [3.63, 3.8) is 0 Å². The summed E-state index contributed by atoms with van der Waals surface area (Å²) in [6.07, 6.45) is 2.98. The van der Waals surface area contributed by atoms with Crippen molar-refractivity contribution in [2.75, 3.05) is 31.2 Å². The molecule has 112 valence electrons. The Balaban J connectivity index is 2.04. The molecule has 1 aromatic heterocycles. The van der Waals surface area contributed by atoms with Crippen LogP contribution in [0.5, 0.6) is 0 Å². The van der Waals surface area contributed by atoms with Gasteiger partial charge in [-0.25, -0.2) is 9.97 Å². The summed E-state index contributed by atoms with van der Waals surface area (Å²) < 4.78 is 5.47. The molecule has 0 aliphatic carbocycles. The lowest BCUT2D eigenvalue weighted by Crippen LogP contribution is -2.35. The lowest BCUT2D eigenvalue weighted by atomic mass is 10.1. The van der Waals surface area contributed by atoms with Crippen LogP contribution in [0.1, 0.15) is 38.4 Å². The maximum Gasteiger partial charge on any atom is 0.225 e. The maximum atomic E-state index is 5.47. The van der Waals surface area contributed by atoms with Crippen LogP contribution in [-0.4, -0.2) is 41.8 Å². The van der Waals surface area contributed by atoms with Gasteiger partial charge in [0.2, 0.25) is 5.95 Å². The Morgan fingerprint density at radius 3 is 2.80 bits per heavy atom. The molecule has 1 fully saturated rings. The van der Waals surface area contributed by atoms with E-state index < -0.39 is 0 Å². The zero-order valence-corrected chi connectivity index (χ0v) is 13.1. The quantitative estimate of drug-likeness (QED) is 0.915. The van der Waals surface area contributed by atoms with Gasteiger partial charge >= 0.3 is 0 Å². The van der Waals surface area contributed by atoms with E-state index in [4.69, 9.17) is 4.74 Å². The second kappa shape index (κ2) is 6.50. The van der Waals surface area contributed by atoms with Gasteiger partial charge in [0.15, 0.2) is 0 Å². The molecule has 0 saturated carbocycles. The third kappa shape index (κ3) is 4.42. The predicted octanol–water partition coefficient (Wildman–Crippen LogP) is 1.90. The van der Waals surface area contributed by atoms with Crippen molar-refractivity contribution in [3.8, 4) is 0 Å². The van der Waals surface area contributed by atoms with Crippen LogP contribution in [0.2, 0.25) is 0 Å². The molecule has 0 bridgehead atoms. The van der Waals surface area contributed by atoms with Crippen LogP contribution in [0.25, 0.3) is 0 Å².